The van der Waals surface area contributed by atoms with Crippen LogP contribution in [0, 0.1) is 0 Å². The lowest BCUT2D eigenvalue weighted by Gasteiger charge is -2.30. The van der Waals surface area contributed by atoms with E-state index in [9.17, 15) is 14.7 Å². The Kier molecular flexibility index (Phi) is 2.06. The minimum absolute atomic E-state index is 0.223. The zero-order chi connectivity index (χ0) is 9.35. The Morgan fingerprint density at radius 3 is 2.67 bits per heavy atom. The van der Waals surface area contributed by atoms with Crippen molar-refractivity contribution in [1.82, 2.24) is 4.90 Å². The Morgan fingerprint density at radius 2 is 2.33 bits per heavy atom. The van der Waals surface area contributed by atoms with E-state index in [0.717, 1.165) is 4.90 Å². The van der Waals surface area contributed by atoms with Gasteiger partial charge in [-0.15, -0.1) is 0 Å². The van der Waals surface area contributed by atoms with Crippen molar-refractivity contribution in [2.75, 3.05) is 6.54 Å². The Hall–Kier alpha value is -1.10. The van der Waals surface area contributed by atoms with Gasteiger partial charge in [-0.2, -0.15) is 0 Å². The zero-order valence-electron chi connectivity index (χ0n) is 6.91. The normalized spacial score (nSPS) is 22.5. The van der Waals surface area contributed by atoms with Crippen molar-refractivity contribution < 1.29 is 14.7 Å². The van der Waals surface area contributed by atoms with E-state index >= 15 is 0 Å². The summed E-state index contributed by atoms with van der Waals surface area (Å²) in [6.07, 6.45) is 1.05. The number of nitrogens with two attached hydrogens (primary N) is 1. The number of carbonyl (C=O) groups is 2. The first-order valence-corrected chi connectivity index (χ1v) is 3.79. The molecule has 0 aromatic rings. The van der Waals surface area contributed by atoms with Crippen LogP contribution >= 0.6 is 0 Å². The van der Waals surface area contributed by atoms with Crippen LogP contribution < -0.4 is 5.73 Å². The third-order valence-corrected chi connectivity index (χ3v) is 2.07. The van der Waals surface area contributed by atoms with E-state index in [2.05, 4.69) is 0 Å². The highest BCUT2D eigenvalue weighted by atomic mass is 16.3. The van der Waals surface area contributed by atoms with E-state index in [4.69, 9.17) is 5.73 Å². The van der Waals surface area contributed by atoms with Crippen molar-refractivity contribution >= 4 is 11.8 Å². The molecule has 12 heavy (non-hydrogen) atoms. The number of primary amides is 1. The number of hydrogen-bond acceptors (Lipinski definition) is 3. The first kappa shape index (κ1) is 8.99. The Morgan fingerprint density at radius 1 is 1.75 bits per heavy atom. The molecule has 1 rings (SSSR count). The molecule has 5 heteroatoms. The molecular formula is C7H12N2O3. The van der Waals surface area contributed by atoms with Crippen molar-refractivity contribution in [2.24, 2.45) is 5.73 Å². The molecule has 1 unspecified atom stereocenters. The molecule has 68 valence electrons. The zero-order valence-corrected chi connectivity index (χ0v) is 6.91. The molecule has 0 aromatic heterocycles. The second-order valence-corrected chi connectivity index (χ2v) is 3.03. The topological polar surface area (TPSA) is 83.6 Å². The Labute approximate surface area is 70.1 Å². The lowest BCUT2D eigenvalue weighted by molar-refractivity contribution is -0.164. The van der Waals surface area contributed by atoms with Gasteiger partial charge in [0.2, 0.25) is 11.6 Å². The number of likely N-dealkylation sites (tertiary alicyclic amines) is 1. The molecular weight excluding hydrogens is 160 g/mol. The number of carbonyl (C=O) groups excluding carboxylic acids is 2. The molecule has 1 heterocycles. The highest BCUT2D eigenvalue weighted by molar-refractivity contribution is 5.89. The molecule has 1 atom stereocenters. The quantitative estimate of drug-likeness (QED) is 0.549. The number of nitrogens with zero attached hydrogens (tertiary/aromatic N) is 1. The van der Waals surface area contributed by atoms with Crippen LogP contribution in [0.3, 0.4) is 0 Å². The minimum atomic E-state index is -1.83. The van der Waals surface area contributed by atoms with Gasteiger partial charge in [-0.1, -0.05) is 0 Å². The van der Waals surface area contributed by atoms with Crippen LogP contribution in [0.4, 0.5) is 0 Å². The van der Waals surface area contributed by atoms with E-state index in [-0.39, 0.29) is 5.91 Å². The van der Waals surface area contributed by atoms with Gasteiger partial charge in [0, 0.05) is 13.0 Å². The van der Waals surface area contributed by atoms with Crippen LogP contribution in [0.5, 0.6) is 0 Å². The number of hydrogen-bond donors (Lipinski definition) is 2. The van der Waals surface area contributed by atoms with E-state index < -0.39 is 11.6 Å². The maximum Gasteiger partial charge on any atom is 0.270 e. The molecule has 0 aromatic carbocycles. The van der Waals surface area contributed by atoms with Crippen molar-refractivity contribution in [1.29, 1.82) is 0 Å². The summed E-state index contributed by atoms with van der Waals surface area (Å²) in [5.41, 5.74) is 3.10. The van der Waals surface area contributed by atoms with Gasteiger partial charge in [0.1, 0.15) is 0 Å². The summed E-state index contributed by atoms with van der Waals surface area (Å²) in [5, 5.41) is 9.49. The number of amides is 2. The standard InChI is InChI=1S/C7H12N2O3/c1-7(12,6(8)11)9-4-2-3-5(9)10/h12H,2-4H2,1H3,(H2,8,11). The maximum absolute atomic E-state index is 11.1. The minimum Gasteiger partial charge on any atom is -0.365 e. The molecule has 0 saturated carbocycles. The van der Waals surface area contributed by atoms with Crippen LogP contribution in [0.1, 0.15) is 19.8 Å². The van der Waals surface area contributed by atoms with E-state index in [1.165, 1.54) is 6.92 Å². The SMILES string of the molecule is CC(O)(C(N)=O)N1CCCC1=O. The smallest absolute Gasteiger partial charge is 0.270 e. The maximum atomic E-state index is 11.1. The number of rotatable bonds is 2. The Bertz CT molecular complexity index is 225. The molecule has 0 radical (unpaired) electrons. The first-order chi connectivity index (χ1) is 5.46. The third kappa shape index (κ3) is 1.27. The van der Waals surface area contributed by atoms with Crippen LogP contribution in [0.25, 0.3) is 0 Å². The van der Waals surface area contributed by atoms with Gasteiger partial charge in [-0.3, -0.25) is 9.59 Å². The van der Waals surface area contributed by atoms with Crippen molar-refractivity contribution in [3.8, 4) is 0 Å². The molecule has 1 aliphatic rings. The van der Waals surface area contributed by atoms with Gasteiger partial charge in [-0.25, -0.2) is 0 Å². The lowest BCUT2D eigenvalue weighted by Crippen LogP contribution is -2.55. The molecule has 1 aliphatic heterocycles. The largest absolute Gasteiger partial charge is 0.365 e. The summed E-state index contributed by atoms with van der Waals surface area (Å²) in [6, 6.07) is 0. The molecule has 0 spiro atoms. The summed E-state index contributed by atoms with van der Waals surface area (Å²) in [7, 11) is 0. The summed E-state index contributed by atoms with van der Waals surface area (Å²) in [6.45, 7) is 1.63. The highest BCUT2D eigenvalue weighted by Gasteiger charge is 2.40. The van der Waals surface area contributed by atoms with Crippen LogP contribution in [0.15, 0.2) is 0 Å². The van der Waals surface area contributed by atoms with Crippen LogP contribution in [0.2, 0.25) is 0 Å². The highest BCUT2D eigenvalue weighted by Crippen LogP contribution is 2.19. The molecule has 1 fully saturated rings. The average molecular weight is 172 g/mol. The van der Waals surface area contributed by atoms with Gasteiger partial charge >= 0.3 is 0 Å². The molecule has 3 N–H and O–H groups in total. The van der Waals surface area contributed by atoms with E-state index in [0.29, 0.717) is 19.4 Å². The summed E-state index contributed by atoms with van der Waals surface area (Å²) in [5.74, 6) is -1.11. The fraction of sp³-hybridized carbons (Fsp3) is 0.714. The fourth-order valence-corrected chi connectivity index (χ4v) is 1.24. The van der Waals surface area contributed by atoms with Gasteiger partial charge in [0.05, 0.1) is 0 Å². The van der Waals surface area contributed by atoms with Gasteiger partial charge in [0.25, 0.3) is 5.91 Å². The van der Waals surface area contributed by atoms with Gasteiger partial charge < -0.3 is 15.7 Å². The molecule has 0 aliphatic carbocycles. The van der Waals surface area contributed by atoms with Crippen molar-refractivity contribution in [2.45, 2.75) is 25.5 Å². The molecule has 1 saturated heterocycles. The van der Waals surface area contributed by atoms with E-state index in [1.54, 1.807) is 0 Å². The average Bonchev–Trinajstić information content (AvgIpc) is 2.35. The van der Waals surface area contributed by atoms with Crippen molar-refractivity contribution in [3.05, 3.63) is 0 Å². The monoisotopic (exact) mass is 172 g/mol. The number of aliphatic hydroxyl groups is 1. The molecule has 5 nitrogen and oxygen atoms in total. The van der Waals surface area contributed by atoms with E-state index in [1.807, 2.05) is 0 Å². The van der Waals surface area contributed by atoms with Crippen LogP contribution in [-0.4, -0.2) is 34.1 Å². The second kappa shape index (κ2) is 2.75. The third-order valence-electron chi connectivity index (χ3n) is 2.07. The van der Waals surface area contributed by atoms with Crippen molar-refractivity contribution in [3.63, 3.8) is 0 Å². The molecule has 0 bridgehead atoms. The predicted octanol–water partition coefficient (Wildman–Crippen LogP) is -1.20. The Balaban J connectivity index is 2.80. The summed E-state index contributed by atoms with van der Waals surface area (Å²) < 4.78 is 0. The van der Waals surface area contributed by atoms with Gasteiger partial charge in [0.15, 0.2) is 0 Å². The predicted molar refractivity (Wildman–Crippen MR) is 40.8 cm³/mol. The first-order valence-electron chi connectivity index (χ1n) is 3.79. The molecule has 2 amide bonds. The van der Waals surface area contributed by atoms with Gasteiger partial charge in [-0.05, 0) is 13.3 Å². The second-order valence-electron chi connectivity index (χ2n) is 3.03. The fourth-order valence-electron chi connectivity index (χ4n) is 1.24. The van der Waals surface area contributed by atoms with Crippen LogP contribution in [-0.2, 0) is 9.59 Å². The lowest BCUT2D eigenvalue weighted by atomic mass is 10.2. The summed E-state index contributed by atoms with van der Waals surface area (Å²) in [4.78, 5) is 22.9. The summed E-state index contributed by atoms with van der Waals surface area (Å²) >= 11 is 0.